The fourth-order valence-corrected chi connectivity index (χ4v) is 2.93. The van der Waals surface area contributed by atoms with Gasteiger partial charge in [-0.15, -0.1) is 24.0 Å². The van der Waals surface area contributed by atoms with Crippen molar-refractivity contribution in [3.8, 4) is 5.69 Å². The van der Waals surface area contributed by atoms with Gasteiger partial charge in [0.1, 0.15) is 0 Å². The third-order valence-corrected chi connectivity index (χ3v) is 4.67. The standard InChI is InChI=1S/C20H29N5.HI/c1-4-21-20(23-19-13-15(19)2)22-12-8-9-17-14-25(24-16(17)3)18-10-6-5-7-11-18;/h5-7,10-11,14-15,19H,4,8-9,12-13H2,1-3H3,(H2,21,22,23);1H. The van der Waals surface area contributed by atoms with E-state index in [2.05, 4.69) is 54.8 Å². The van der Waals surface area contributed by atoms with E-state index in [0.717, 1.165) is 49.2 Å². The first-order valence-corrected chi connectivity index (χ1v) is 9.32. The minimum Gasteiger partial charge on any atom is -0.357 e. The van der Waals surface area contributed by atoms with E-state index < -0.39 is 0 Å². The molecule has 0 bridgehead atoms. The Hall–Kier alpha value is -1.57. The first kappa shape index (κ1) is 20.7. The Kier molecular flexibility index (Phi) is 7.93. The highest BCUT2D eigenvalue weighted by atomic mass is 127. The first-order valence-electron chi connectivity index (χ1n) is 9.32. The summed E-state index contributed by atoms with van der Waals surface area (Å²) >= 11 is 0. The number of benzene rings is 1. The zero-order chi connectivity index (χ0) is 17.6. The molecular weight excluding hydrogens is 437 g/mol. The van der Waals surface area contributed by atoms with Crippen LogP contribution in [-0.2, 0) is 6.42 Å². The lowest BCUT2D eigenvalue weighted by Crippen LogP contribution is -2.39. The number of hydrogen-bond donors (Lipinski definition) is 2. The van der Waals surface area contributed by atoms with Crippen molar-refractivity contribution in [3.05, 3.63) is 47.8 Å². The molecule has 1 aromatic heterocycles. The van der Waals surface area contributed by atoms with Crippen molar-refractivity contribution in [3.63, 3.8) is 0 Å². The van der Waals surface area contributed by atoms with E-state index in [-0.39, 0.29) is 24.0 Å². The van der Waals surface area contributed by atoms with Crippen LogP contribution in [-0.4, -0.2) is 34.9 Å². The molecule has 0 aliphatic heterocycles. The van der Waals surface area contributed by atoms with Gasteiger partial charge in [-0.05, 0) is 56.7 Å². The van der Waals surface area contributed by atoms with Gasteiger partial charge in [0.2, 0.25) is 0 Å². The van der Waals surface area contributed by atoms with Gasteiger partial charge in [-0.3, -0.25) is 4.99 Å². The fraction of sp³-hybridized carbons (Fsp3) is 0.500. The number of nitrogens with zero attached hydrogens (tertiary/aromatic N) is 3. The number of guanidine groups is 1. The highest BCUT2D eigenvalue weighted by molar-refractivity contribution is 14.0. The number of rotatable bonds is 7. The van der Waals surface area contributed by atoms with Crippen molar-refractivity contribution in [2.75, 3.05) is 13.1 Å². The van der Waals surface area contributed by atoms with Crippen LogP contribution in [0.15, 0.2) is 41.5 Å². The van der Waals surface area contributed by atoms with Gasteiger partial charge in [0.05, 0.1) is 11.4 Å². The highest BCUT2D eigenvalue weighted by Gasteiger charge is 2.33. The predicted molar refractivity (Wildman–Crippen MR) is 119 cm³/mol. The molecule has 3 rings (SSSR count). The third kappa shape index (κ3) is 5.72. The monoisotopic (exact) mass is 467 g/mol. The predicted octanol–water partition coefficient (Wildman–Crippen LogP) is 3.69. The minimum absolute atomic E-state index is 0. The van der Waals surface area contributed by atoms with Crippen molar-refractivity contribution in [2.45, 2.75) is 46.1 Å². The highest BCUT2D eigenvalue weighted by Crippen LogP contribution is 2.28. The summed E-state index contributed by atoms with van der Waals surface area (Å²) in [5.41, 5.74) is 3.50. The molecule has 5 nitrogen and oxygen atoms in total. The van der Waals surface area contributed by atoms with Crippen LogP contribution >= 0.6 is 24.0 Å². The number of nitrogens with one attached hydrogen (secondary N) is 2. The molecule has 1 fully saturated rings. The third-order valence-electron chi connectivity index (χ3n) is 4.67. The average Bonchev–Trinajstić information content (AvgIpc) is 3.18. The number of aliphatic imine (C=N–C) groups is 1. The van der Waals surface area contributed by atoms with Crippen LogP contribution in [0.2, 0.25) is 0 Å². The van der Waals surface area contributed by atoms with E-state index in [4.69, 9.17) is 4.99 Å². The zero-order valence-corrected chi connectivity index (χ0v) is 18.2. The Morgan fingerprint density at radius 3 is 2.69 bits per heavy atom. The van der Waals surface area contributed by atoms with Gasteiger partial charge in [-0.25, -0.2) is 4.68 Å². The number of halogens is 1. The maximum absolute atomic E-state index is 4.70. The molecule has 1 heterocycles. The van der Waals surface area contributed by atoms with Gasteiger partial charge in [0.15, 0.2) is 5.96 Å². The molecule has 0 amide bonds. The minimum atomic E-state index is 0. The largest absolute Gasteiger partial charge is 0.357 e. The Labute approximate surface area is 173 Å². The van der Waals surface area contributed by atoms with E-state index in [1.807, 2.05) is 22.9 Å². The molecular formula is C20H30IN5. The van der Waals surface area contributed by atoms with Crippen LogP contribution in [0.1, 0.15) is 37.9 Å². The molecule has 1 aliphatic carbocycles. The SMILES string of the molecule is CCNC(=NCCCc1cn(-c2ccccc2)nc1C)NC1CC1C.I. The molecule has 26 heavy (non-hydrogen) atoms. The molecule has 6 heteroatoms. The number of para-hydroxylation sites is 1. The topological polar surface area (TPSA) is 54.2 Å². The maximum atomic E-state index is 4.70. The van der Waals surface area contributed by atoms with Gasteiger partial charge in [-0.1, -0.05) is 25.1 Å². The van der Waals surface area contributed by atoms with Crippen LogP contribution in [0.25, 0.3) is 5.69 Å². The lowest BCUT2D eigenvalue weighted by Gasteiger charge is -2.10. The molecule has 0 spiro atoms. The quantitative estimate of drug-likeness (QED) is 0.283. The summed E-state index contributed by atoms with van der Waals surface area (Å²) in [5, 5.41) is 11.5. The molecule has 2 aromatic rings. The van der Waals surface area contributed by atoms with Crippen LogP contribution in [0.5, 0.6) is 0 Å². The van der Waals surface area contributed by atoms with Crippen molar-refractivity contribution < 1.29 is 0 Å². The second kappa shape index (κ2) is 9.94. The number of aromatic nitrogens is 2. The summed E-state index contributed by atoms with van der Waals surface area (Å²) in [6.07, 6.45) is 5.42. The van der Waals surface area contributed by atoms with Gasteiger partial charge < -0.3 is 10.6 Å². The summed E-state index contributed by atoms with van der Waals surface area (Å²) in [7, 11) is 0. The summed E-state index contributed by atoms with van der Waals surface area (Å²) in [5.74, 6) is 1.73. The average molecular weight is 467 g/mol. The van der Waals surface area contributed by atoms with Crippen molar-refractivity contribution >= 4 is 29.9 Å². The molecule has 2 atom stereocenters. The summed E-state index contributed by atoms with van der Waals surface area (Å²) in [6.45, 7) is 8.18. The van der Waals surface area contributed by atoms with Crippen LogP contribution < -0.4 is 10.6 Å². The van der Waals surface area contributed by atoms with Crippen LogP contribution in [0.4, 0.5) is 0 Å². The molecule has 2 unspecified atom stereocenters. The second-order valence-electron chi connectivity index (χ2n) is 6.85. The molecule has 1 aromatic carbocycles. The molecule has 1 aliphatic rings. The normalized spacial score (nSPS) is 19.0. The second-order valence-corrected chi connectivity index (χ2v) is 6.85. The van der Waals surface area contributed by atoms with E-state index in [1.165, 1.54) is 12.0 Å². The molecule has 0 radical (unpaired) electrons. The summed E-state index contributed by atoms with van der Waals surface area (Å²) in [6, 6.07) is 10.9. The molecule has 0 saturated heterocycles. The number of hydrogen-bond acceptors (Lipinski definition) is 2. The first-order chi connectivity index (χ1) is 12.2. The number of aryl methyl sites for hydroxylation is 2. The zero-order valence-electron chi connectivity index (χ0n) is 15.9. The van der Waals surface area contributed by atoms with Crippen LogP contribution in [0.3, 0.4) is 0 Å². The van der Waals surface area contributed by atoms with Gasteiger partial charge in [0, 0.05) is 25.3 Å². The molecule has 2 N–H and O–H groups in total. The Balaban J connectivity index is 0.00000243. The van der Waals surface area contributed by atoms with Gasteiger partial charge in [0.25, 0.3) is 0 Å². The summed E-state index contributed by atoms with van der Waals surface area (Å²) < 4.78 is 1.97. The van der Waals surface area contributed by atoms with Gasteiger partial charge >= 0.3 is 0 Å². The maximum Gasteiger partial charge on any atom is 0.191 e. The Bertz CT molecular complexity index is 710. The van der Waals surface area contributed by atoms with E-state index in [9.17, 15) is 0 Å². The van der Waals surface area contributed by atoms with E-state index in [1.54, 1.807) is 0 Å². The van der Waals surface area contributed by atoms with Crippen molar-refractivity contribution in [2.24, 2.45) is 10.9 Å². The van der Waals surface area contributed by atoms with Crippen LogP contribution in [0, 0.1) is 12.8 Å². The smallest absolute Gasteiger partial charge is 0.191 e. The molecule has 1 saturated carbocycles. The van der Waals surface area contributed by atoms with E-state index in [0.29, 0.717) is 6.04 Å². The van der Waals surface area contributed by atoms with Crippen molar-refractivity contribution in [1.82, 2.24) is 20.4 Å². The van der Waals surface area contributed by atoms with E-state index >= 15 is 0 Å². The Morgan fingerprint density at radius 2 is 2.04 bits per heavy atom. The van der Waals surface area contributed by atoms with Gasteiger partial charge in [-0.2, -0.15) is 5.10 Å². The fourth-order valence-electron chi connectivity index (χ4n) is 2.93. The lowest BCUT2D eigenvalue weighted by molar-refractivity contribution is 0.753. The summed E-state index contributed by atoms with van der Waals surface area (Å²) in [4.78, 5) is 4.70. The Morgan fingerprint density at radius 1 is 1.31 bits per heavy atom. The van der Waals surface area contributed by atoms with Crippen molar-refractivity contribution in [1.29, 1.82) is 0 Å². The molecule has 142 valence electrons. The lowest BCUT2D eigenvalue weighted by atomic mass is 10.1.